The van der Waals surface area contributed by atoms with Gasteiger partial charge in [0.1, 0.15) is 18.1 Å². The van der Waals surface area contributed by atoms with Gasteiger partial charge in [0.25, 0.3) is 5.91 Å². The van der Waals surface area contributed by atoms with Crippen LogP contribution in [-0.2, 0) is 11.2 Å². The molecular weight excluding hydrogens is 328 g/mol. The Bertz CT molecular complexity index is 632. The minimum Gasteiger partial charge on any atom is -0.492 e. The standard InChI is InChI=1S/C18H22N2O3.ClH/c1-2-14-5-3-4-6-17(14)23-13-18(21)20-15-7-9-16(10-8-15)22-12-11-19;/h3-10H,2,11-13,19H2,1H3,(H,20,21);1H. The average molecular weight is 351 g/mol. The highest BCUT2D eigenvalue weighted by molar-refractivity contribution is 5.91. The van der Waals surface area contributed by atoms with E-state index in [9.17, 15) is 4.79 Å². The lowest BCUT2D eigenvalue weighted by atomic mass is 10.1. The van der Waals surface area contributed by atoms with Crippen LogP contribution in [0.2, 0.25) is 0 Å². The lowest BCUT2D eigenvalue weighted by Gasteiger charge is -2.11. The molecule has 6 heteroatoms. The van der Waals surface area contributed by atoms with Crippen LogP contribution >= 0.6 is 12.4 Å². The number of para-hydroxylation sites is 1. The third-order valence-electron chi connectivity index (χ3n) is 3.24. The second-order valence-corrected chi connectivity index (χ2v) is 4.96. The molecule has 2 rings (SSSR count). The van der Waals surface area contributed by atoms with Gasteiger partial charge >= 0.3 is 0 Å². The van der Waals surface area contributed by atoms with Gasteiger partial charge in [-0.25, -0.2) is 0 Å². The van der Waals surface area contributed by atoms with E-state index in [0.29, 0.717) is 18.8 Å². The first-order valence-electron chi connectivity index (χ1n) is 7.66. The zero-order chi connectivity index (χ0) is 16.5. The normalized spacial score (nSPS) is 9.75. The molecule has 0 aliphatic carbocycles. The Balaban J connectivity index is 0.00000288. The molecule has 5 nitrogen and oxygen atoms in total. The summed E-state index contributed by atoms with van der Waals surface area (Å²) in [6.07, 6.45) is 0.863. The van der Waals surface area contributed by atoms with Crippen molar-refractivity contribution >= 4 is 24.0 Å². The predicted octanol–water partition coefficient (Wildman–Crippen LogP) is 3.03. The minimum atomic E-state index is -0.202. The average Bonchev–Trinajstić information content (AvgIpc) is 2.59. The van der Waals surface area contributed by atoms with Crippen LogP contribution in [0.5, 0.6) is 11.5 Å². The Labute approximate surface area is 148 Å². The van der Waals surface area contributed by atoms with Gasteiger partial charge < -0.3 is 20.5 Å². The van der Waals surface area contributed by atoms with Crippen LogP contribution in [0.15, 0.2) is 48.5 Å². The van der Waals surface area contributed by atoms with E-state index >= 15 is 0 Å². The van der Waals surface area contributed by atoms with Crippen molar-refractivity contribution in [3.05, 3.63) is 54.1 Å². The summed E-state index contributed by atoms with van der Waals surface area (Å²) < 4.78 is 11.0. The molecule has 0 unspecified atom stereocenters. The number of nitrogens with one attached hydrogen (secondary N) is 1. The highest BCUT2D eigenvalue weighted by atomic mass is 35.5. The summed E-state index contributed by atoms with van der Waals surface area (Å²) in [6, 6.07) is 14.9. The topological polar surface area (TPSA) is 73.6 Å². The van der Waals surface area contributed by atoms with Crippen molar-refractivity contribution in [2.45, 2.75) is 13.3 Å². The van der Waals surface area contributed by atoms with E-state index in [1.807, 2.05) is 24.3 Å². The Morgan fingerprint density at radius 1 is 1.08 bits per heavy atom. The van der Waals surface area contributed by atoms with E-state index in [2.05, 4.69) is 12.2 Å². The zero-order valence-electron chi connectivity index (χ0n) is 13.7. The van der Waals surface area contributed by atoms with Crippen molar-refractivity contribution in [2.75, 3.05) is 25.1 Å². The van der Waals surface area contributed by atoms with E-state index in [1.54, 1.807) is 24.3 Å². The maximum Gasteiger partial charge on any atom is 0.262 e. The van der Waals surface area contributed by atoms with Crippen LogP contribution in [0.25, 0.3) is 0 Å². The summed E-state index contributed by atoms with van der Waals surface area (Å²) in [7, 11) is 0. The van der Waals surface area contributed by atoms with Crippen molar-refractivity contribution in [2.24, 2.45) is 5.73 Å². The number of rotatable bonds is 8. The number of amides is 1. The predicted molar refractivity (Wildman–Crippen MR) is 98.2 cm³/mol. The quantitative estimate of drug-likeness (QED) is 0.767. The first-order chi connectivity index (χ1) is 11.2. The van der Waals surface area contributed by atoms with Gasteiger partial charge in [-0.2, -0.15) is 0 Å². The van der Waals surface area contributed by atoms with Gasteiger partial charge in [0.2, 0.25) is 0 Å². The highest BCUT2D eigenvalue weighted by Crippen LogP contribution is 2.19. The van der Waals surface area contributed by atoms with Gasteiger partial charge in [-0.15, -0.1) is 12.4 Å². The number of carbonyl (C=O) groups excluding carboxylic acids is 1. The fourth-order valence-corrected chi connectivity index (χ4v) is 2.09. The van der Waals surface area contributed by atoms with E-state index in [-0.39, 0.29) is 24.9 Å². The summed E-state index contributed by atoms with van der Waals surface area (Å²) in [4.78, 5) is 12.0. The number of ether oxygens (including phenoxy) is 2. The van der Waals surface area contributed by atoms with Gasteiger partial charge in [0, 0.05) is 12.2 Å². The lowest BCUT2D eigenvalue weighted by Crippen LogP contribution is -2.20. The largest absolute Gasteiger partial charge is 0.492 e. The third kappa shape index (κ3) is 6.10. The molecule has 0 aromatic heterocycles. The molecule has 24 heavy (non-hydrogen) atoms. The molecule has 0 radical (unpaired) electrons. The molecule has 0 atom stereocenters. The van der Waals surface area contributed by atoms with E-state index in [4.69, 9.17) is 15.2 Å². The van der Waals surface area contributed by atoms with Gasteiger partial charge in [0.05, 0.1) is 0 Å². The van der Waals surface area contributed by atoms with Crippen molar-refractivity contribution in [1.82, 2.24) is 0 Å². The molecule has 0 fully saturated rings. The number of anilines is 1. The Kier molecular flexibility index (Phi) is 8.68. The first kappa shape index (κ1) is 19.8. The number of hydrogen-bond acceptors (Lipinski definition) is 4. The van der Waals surface area contributed by atoms with Crippen LogP contribution in [-0.4, -0.2) is 25.7 Å². The number of halogens is 1. The summed E-state index contributed by atoms with van der Waals surface area (Å²) in [5, 5.41) is 2.79. The summed E-state index contributed by atoms with van der Waals surface area (Å²) in [5.41, 5.74) is 7.16. The monoisotopic (exact) mass is 350 g/mol. The molecule has 0 bridgehead atoms. The van der Waals surface area contributed by atoms with Crippen molar-refractivity contribution < 1.29 is 14.3 Å². The second-order valence-electron chi connectivity index (χ2n) is 4.96. The lowest BCUT2D eigenvalue weighted by molar-refractivity contribution is -0.118. The molecule has 2 aromatic rings. The van der Waals surface area contributed by atoms with Gasteiger partial charge in [0.15, 0.2) is 6.61 Å². The minimum absolute atomic E-state index is 0. The van der Waals surface area contributed by atoms with Crippen LogP contribution in [0, 0.1) is 0 Å². The van der Waals surface area contributed by atoms with Gasteiger partial charge in [-0.1, -0.05) is 25.1 Å². The first-order valence-corrected chi connectivity index (χ1v) is 7.66. The van der Waals surface area contributed by atoms with Gasteiger partial charge in [-0.05, 0) is 42.3 Å². The molecule has 0 spiro atoms. The Hall–Kier alpha value is -2.24. The maximum atomic E-state index is 12.0. The molecule has 2 aromatic carbocycles. The number of hydrogen-bond donors (Lipinski definition) is 2. The highest BCUT2D eigenvalue weighted by Gasteiger charge is 2.06. The Morgan fingerprint density at radius 3 is 2.46 bits per heavy atom. The molecule has 1 amide bonds. The molecule has 0 aliphatic heterocycles. The summed E-state index contributed by atoms with van der Waals surface area (Å²) >= 11 is 0. The number of benzene rings is 2. The molecule has 3 N–H and O–H groups in total. The molecule has 130 valence electrons. The zero-order valence-corrected chi connectivity index (χ0v) is 14.5. The van der Waals surface area contributed by atoms with E-state index in [0.717, 1.165) is 23.5 Å². The molecule has 0 aliphatic rings. The fourth-order valence-electron chi connectivity index (χ4n) is 2.09. The van der Waals surface area contributed by atoms with Crippen LogP contribution in [0.3, 0.4) is 0 Å². The maximum absolute atomic E-state index is 12.0. The van der Waals surface area contributed by atoms with Crippen LogP contribution in [0.4, 0.5) is 5.69 Å². The second kappa shape index (κ2) is 10.5. The van der Waals surface area contributed by atoms with Crippen molar-refractivity contribution in [3.63, 3.8) is 0 Å². The van der Waals surface area contributed by atoms with E-state index in [1.165, 1.54) is 0 Å². The summed E-state index contributed by atoms with van der Waals surface area (Å²) in [5.74, 6) is 1.27. The number of aryl methyl sites for hydroxylation is 1. The van der Waals surface area contributed by atoms with Crippen LogP contribution < -0.4 is 20.5 Å². The Morgan fingerprint density at radius 2 is 1.79 bits per heavy atom. The number of nitrogens with two attached hydrogens (primary N) is 1. The molecule has 0 heterocycles. The van der Waals surface area contributed by atoms with Crippen LogP contribution in [0.1, 0.15) is 12.5 Å². The third-order valence-corrected chi connectivity index (χ3v) is 3.24. The smallest absolute Gasteiger partial charge is 0.262 e. The summed E-state index contributed by atoms with van der Waals surface area (Å²) in [6.45, 7) is 2.96. The fraction of sp³-hybridized carbons (Fsp3) is 0.278. The van der Waals surface area contributed by atoms with E-state index < -0.39 is 0 Å². The van der Waals surface area contributed by atoms with Crippen molar-refractivity contribution in [1.29, 1.82) is 0 Å². The molecule has 0 saturated heterocycles. The van der Waals surface area contributed by atoms with Gasteiger partial charge in [-0.3, -0.25) is 4.79 Å². The number of carbonyl (C=O) groups is 1. The molecule has 0 saturated carbocycles. The SMILES string of the molecule is CCc1ccccc1OCC(=O)Nc1ccc(OCCN)cc1.Cl. The van der Waals surface area contributed by atoms with Crippen molar-refractivity contribution in [3.8, 4) is 11.5 Å². The molecular formula is C18H23ClN2O3.